The van der Waals surface area contributed by atoms with E-state index in [0.717, 1.165) is 31.2 Å². The van der Waals surface area contributed by atoms with Crippen LogP contribution in [0.4, 0.5) is 14.5 Å². The number of anilines is 1. The summed E-state index contributed by atoms with van der Waals surface area (Å²) in [5.41, 5.74) is 7.99. The van der Waals surface area contributed by atoms with Gasteiger partial charge < -0.3 is 16.0 Å². The summed E-state index contributed by atoms with van der Waals surface area (Å²) in [7, 11) is 0. The zero-order chi connectivity index (χ0) is 24.1. The van der Waals surface area contributed by atoms with Crippen LogP contribution in [0.15, 0.2) is 72.8 Å². The van der Waals surface area contributed by atoms with E-state index in [-0.39, 0.29) is 36.0 Å². The summed E-state index contributed by atoms with van der Waals surface area (Å²) in [6, 6.07) is 18.3. The molecule has 4 rings (SSSR count). The van der Waals surface area contributed by atoms with Gasteiger partial charge in [0.1, 0.15) is 11.6 Å². The molecule has 1 fully saturated rings. The van der Waals surface area contributed by atoms with E-state index in [0.29, 0.717) is 11.3 Å². The van der Waals surface area contributed by atoms with E-state index in [1.54, 1.807) is 23.1 Å². The number of nitrogens with one attached hydrogen (secondary N) is 1. The van der Waals surface area contributed by atoms with E-state index in [1.807, 2.05) is 12.1 Å². The van der Waals surface area contributed by atoms with Crippen LogP contribution < -0.4 is 11.1 Å². The fraction of sp³-hybridized carbons (Fsp3) is 0.259. The fourth-order valence-corrected chi connectivity index (χ4v) is 4.33. The lowest BCUT2D eigenvalue weighted by molar-refractivity contribution is 0.0606. The SMILES string of the molecule is NC1CCC(N(Cc2ccccc2NC(=O)c2ccc(F)cc2)C(=O)c2cccc(F)c2)CC1. The molecule has 3 N–H and O–H groups in total. The second-order valence-electron chi connectivity index (χ2n) is 8.63. The van der Waals surface area contributed by atoms with Crippen LogP contribution in [0.1, 0.15) is 52.0 Å². The van der Waals surface area contributed by atoms with Crippen LogP contribution in [-0.4, -0.2) is 28.8 Å². The Hall–Kier alpha value is -3.58. The van der Waals surface area contributed by atoms with Gasteiger partial charge in [-0.25, -0.2) is 8.78 Å². The number of hydrogen-bond donors (Lipinski definition) is 2. The molecule has 0 bridgehead atoms. The molecule has 0 atom stereocenters. The minimum Gasteiger partial charge on any atom is -0.331 e. The third kappa shape index (κ3) is 5.66. The van der Waals surface area contributed by atoms with Crippen molar-refractivity contribution in [3.05, 3.63) is 101 Å². The van der Waals surface area contributed by atoms with Gasteiger partial charge in [-0.05, 0) is 79.8 Å². The molecule has 0 aliphatic heterocycles. The molecule has 34 heavy (non-hydrogen) atoms. The van der Waals surface area contributed by atoms with Gasteiger partial charge in [0.25, 0.3) is 11.8 Å². The first-order chi connectivity index (χ1) is 16.4. The van der Waals surface area contributed by atoms with Gasteiger partial charge in [0.15, 0.2) is 0 Å². The molecular formula is C27H27F2N3O2. The van der Waals surface area contributed by atoms with Gasteiger partial charge in [-0.3, -0.25) is 9.59 Å². The lowest BCUT2D eigenvalue weighted by Crippen LogP contribution is -2.44. The maximum absolute atomic E-state index is 13.8. The average Bonchev–Trinajstić information content (AvgIpc) is 2.84. The van der Waals surface area contributed by atoms with Crippen LogP contribution in [0.3, 0.4) is 0 Å². The van der Waals surface area contributed by atoms with Crippen molar-refractivity contribution < 1.29 is 18.4 Å². The molecular weight excluding hydrogens is 436 g/mol. The van der Waals surface area contributed by atoms with Gasteiger partial charge in [0.05, 0.1) is 0 Å². The predicted molar refractivity (Wildman–Crippen MR) is 127 cm³/mol. The fourth-order valence-electron chi connectivity index (χ4n) is 4.33. The summed E-state index contributed by atoms with van der Waals surface area (Å²) >= 11 is 0. The van der Waals surface area contributed by atoms with Crippen molar-refractivity contribution in [2.24, 2.45) is 5.73 Å². The zero-order valence-corrected chi connectivity index (χ0v) is 18.7. The van der Waals surface area contributed by atoms with Crippen LogP contribution in [-0.2, 0) is 6.54 Å². The van der Waals surface area contributed by atoms with Crippen molar-refractivity contribution in [3.63, 3.8) is 0 Å². The minimum absolute atomic E-state index is 0.0450. The molecule has 7 heteroatoms. The van der Waals surface area contributed by atoms with Gasteiger partial charge >= 0.3 is 0 Å². The van der Waals surface area contributed by atoms with Crippen LogP contribution in [0, 0.1) is 11.6 Å². The van der Waals surface area contributed by atoms with Gasteiger partial charge in [0.2, 0.25) is 0 Å². The quantitative estimate of drug-likeness (QED) is 0.532. The lowest BCUT2D eigenvalue weighted by Gasteiger charge is -2.36. The van der Waals surface area contributed by atoms with Crippen molar-refractivity contribution in [3.8, 4) is 0 Å². The maximum atomic E-state index is 13.8. The molecule has 1 aliphatic rings. The number of carbonyl (C=O) groups excluding carboxylic acids is 2. The zero-order valence-electron chi connectivity index (χ0n) is 18.7. The van der Waals surface area contributed by atoms with Crippen LogP contribution in [0.2, 0.25) is 0 Å². The largest absolute Gasteiger partial charge is 0.331 e. The first kappa shape index (κ1) is 23.6. The van der Waals surface area contributed by atoms with Crippen LogP contribution >= 0.6 is 0 Å². The Kier molecular flexibility index (Phi) is 7.33. The molecule has 0 radical (unpaired) electrons. The van der Waals surface area contributed by atoms with Crippen molar-refractivity contribution in [2.45, 2.75) is 44.3 Å². The molecule has 3 aromatic carbocycles. The summed E-state index contributed by atoms with van der Waals surface area (Å²) in [4.78, 5) is 28.0. The summed E-state index contributed by atoms with van der Waals surface area (Å²) in [5.74, 6) is -1.53. The summed E-state index contributed by atoms with van der Waals surface area (Å²) < 4.78 is 27.1. The topological polar surface area (TPSA) is 75.4 Å². The third-order valence-corrected chi connectivity index (χ3v) is 6.23. The number of amides is 2. The molecule has 0 unspecified atom stereocenters. The van der Waals surface area contributed by atoms with Crippen molar-refractivity contribution in [1.82, 2.24) is 4.90 Å². The van der Waals surface area contributed by atoms with E-state index in [2.05, 4.69) is 5.32 Å². The number of carbonyl (C=O) groups is 2. The highest BCUT2D eigenvalue weighted by Gasteiger charge is 2.29. The molecule has 1 aliphatic carbocycles. The Bertz CT molecular complexity index is 1160. The molecule has 3 aromatic rings. The normalized spacial score (nSPS) is 17.7. The Morgan fingerprint density at radius 2 is 1.56 bits per heavy atom. The monoisotopic (exact) mass is 463 g/mol. The highest BCUT2D eigenvalue weighted by Crippen LogP contribution is 2.28. The smallest absolute Gasteiger partial charge is 0.255 e. The number of rotatable bonds is 6. The summed E-state index contributed by atoms with van der Waals surface area (Å²) in [6.07, 6.45) is 3.12. The number of benzene rings is 3. The van der Waals surface area contributed by atoms with E-state index in [1.165, 1.54) is 42.5 Å². The Morgan fingerprint density at radius 3 is 2.26 bits per heavy atom. The van der Waals surface area contributed by atoms with Crippen LogP contribution in [0.5, 0.6) is 0 Å². The Labute approximate surface area is 197 Å². The van der Waals surface area contributed by atoms with E-state index < -0.39 is 11.6 Å². The highest BCUT2D eigenvalue weighted by atomic mass is 19.1. The molecule has 2 amide bonds. The predicted octanol–water partition coefficient (Wildman–Crippen LogP) is 5.13. The maximum Gasteiger partial charge on any atom is 0.255 e. The van der Waals surface area contributed by atoms with Gasteiger partial charge in [-0.15, -0.1) is 0 Å². The number of hydrogen-bond acceptors (Lipinski definition) is 3. The van der Waals surface area contributed by atoms with Gasteiger partial charge in [-0.1, -0.05) is 24.3 Å². The average molecular weight is 464 g/mol. The highest BCUT2D eigenvalue weighted by molar-refractivity contribution is 6.04. The Balaban J connectivity index is 1.60. The van der Waals surface area contributed by atoms with Gasteiger partial charge in [-0.2, -0.15) is 0 Å². The first-order valence-electron chi connectivity index (χ1n) is 11.4. The van der Waals surface area contributed by atoms with E-state index >= 15 is 0 Å². The second kappa shape index (κ2) is 10.6. The van der Waals surface area contributed by atoms with Crippen molar-refractivity contribution in [2.75, 3.05) is 5.32 Å². The first-order valence-corrected chi connectivity index (χ1v) is 11.4. The molecule has 1 saturated carbocycles. The van der Waals surface area contributed by atoms with E-state index in [4.69, 9.17) is 5.73 Å². The van der Waals surface area contributed by atoms with Crippen LogP contribution in [0.25, 0.3) is 0 Å². The third-order valence-electron chi connectivity index (χ3n) is 6.23. The standard InChI is InChI=1S/C27H27F2N3O2/c28-21-10-8-18(9-11-21)26(33)31-25-7-2-1-4-20(25)17-32(24-14-12-23(30)13-15-24)27(34)19-5-3-6-22(29)16-19/h1-11,16,23-24H,12-15,17,30H2,(H,31,33). The number of nitrogens with two attached hydrogens (primary N) is 1. The van der Waals surface area contributed by atoms with Gasteiger partial charge in [0, 0.05) is 35.4 Å². The summed E-state index contributed by atoms with van der Waals surface area (Å²) in [5, 5.41) is 2.87. The molecule has 0 aromatic heterocycles. The summed E-state index contributed by atoms with van der Waals surface area (Å²) in [6.45, 7) is 0.245. The number of nitrogens with zero attached hydrogens (tertiary/aromatic N) is 1. The minimum atomic E-state index is -0.469. The molecule has 5 nitrogen and oxygen atoms in total. The molecule has 176 valence electrons. The molecule has 0 heterocycles. The number of para-hydroxylation sites is 1. The molecule has 0 saturated heterocycles. The lowest BCUT2D eigenvalue weighted by atomic mass is 9.90. The Morgan fingerprint density at radius 1 is 0.853 bits per heavy atom. The number of halogens is 2. The van der Waals surface area contributed by atoms with E-state index in [9.17, 15) is 18.4 Å². The van der Waals surface area contributed by atoms with Crippen molar-refractivity contribution in [1.29, 1.82) is 0 Å². The van der Waals surface area contributed by atoms with Crippen molar-refractivity contribution >= 4 is 17.5 Å². The second-order valence-corrected chi connectivity index (χ2v) is 8.63. The molecule has 0 spiro atoms.